The lowest BCUT2D eigenvalue weighted by Gasteiger charge is -2.17. The van der Waals surface area contributed by atoms with Crippen molar-refractivity contribution in [2.75, 3.05) is 25.1 Å². The normalized spacial score (nSPS) is 12.2. The van der Waals surface area contributed by atoms with Crippen molar-refractivity contribution in [3.05, 3.63) is 35.9 Å². The summed E-state index contributed by atoms with van der Waals surface area (Å²) in [6, 6.07) is 10.0. The summed E-state index contributed by atoms with van der Waals surface area (Å²) in [6.45, 7) is 3.46. The average molecular weight is 266 g/mol. The van der Waals surface area contributed by atoms with E-state index < -0.39 is 0 Å². The zero-order valence-electron chi connectivity index (χ0n) is 11.1. The molecular formula is C14H22N2OS. The highest BCUT2D eigenvalue weighted by Gasteiger charge is 2.10. The molecule has 0 fully saturated rings. The van der Waals surface area contributed by atoms with Gasteiger partial charge in [0, 0.05) is 13.6 Å². The Bertz CT molecular complexity index is 356. The highest BCUT2D eigenvalue weighted by atomic mass is 32.2. The quantitative estimate of drug-likeness (QED) is 0.821. The van der Waals surface area contributed by atoms with Crippen molar-refractivity contribution in [1.29, 1.82) is 0 Å². The maximum absolute atomic E-state index is 11.9. The zero-order chi connectivity index (χ0) is 13.4. The third-order valence-corrected chi connectivity index (χ3v) is 3.97. The van der Waals surface area contributed by atoms with E-state index in [0.29, 0.717) is 24.8 Å². The highest BCUT2D eigenvalue weighted by Crippen LogP contribution is 2.09. The van der Waals surface area contributed by atoms with Crippen LogP contribution in [0.3, 0.4) is 0 Å². The van der Waals surface area contributed by atoms with Crippen LogP contribution in [0.25, 0.3) is 0 Å². The van der Waals surface area contributed by atoms with Gasteiger partial charge in [-0.1, -0.05) is 37.3 Å². The van der Waals surface area contributed by atoms with Crippen molar-refractivity contribution in [3.63, 3.8) is 0 Å². The molecule has 0 aliphatic heterocycles. The summed E-state index contributed by atoms with van der Waals surface area (Å²) in [5, 5.41) is 0. The second kappa shape index (κ2) is 8.16. The SMILES string of the molecule is CC(CN)CSCC(=O)N(C)Cc1ccccc1. The lowest BCUT2D eigenvalue weighted by molar-refractivity contribution is -0.127. The van der Waals surface area contributed by atoms with Gasteiger partial charge in [0.2, 0.25) is 5.91 Å². The van der Waals surface area contributed by atoms with Gasteiger partial charge in [-0.15, -0.1) is 0 Å². The van der Waals surface area contributed by atoms with E-state index in [1.54, 1.807) is 16.7 Å². The third-order valence-electron chi connectivity index (χ3n) is 2.72. The molecule has 1 aromatic carbocycles. The van der Waals surface area contributed by atoms with E-state index in [0.717, 1.165) is 11.3 Å². The molecule has 0 aliphatic rings. The van der Waals surface area contributed by atoms with Gasteiger partial charge in [-0.25, -0.2) is 0 Å². The fourth-order valence-electron chi connectivity index (χ4n) is 1.47. The number of carbonyl (C=O) groups is 1. The lowest BCUT2D eigenvalue weighted by atomic mass is 10.2. The summed E-state index contributed by atoms with van der Waals surface area (Å²) < 4.78 is 0. The minimum Gasteiger partial charge on any atom is -0.341 e. The van der Waals surface area contributed by atoms with E-state index in [1.165, 1.54) is 0 Å². The minimum atomic E-state index is 0.174. The molecule has 1 aromatic rings. The molecule has 100 valence electrons. The Morgan fingerprint density at radius 1 is 1.39 bits per heavy atom. The van der Waals surface area contributed by atoms with Crippen LogP contribution in [0.5, 0.6) is 0 Å². The fourth-order valence-corrected chi connectivity index (χ4v) is 2.52. The lowest BCUT2D eigenvalue weighted by Crippen LogP contribution is -2.28. The average Bonchev–Trinajstić information content (AvgIpc) is 2.39. The van der Waals surface area contributed by atoms with Gasteiger partial charge in [0.15, 0.2) is 0 Å². The predicted molar refractivity (Wildman–Crippen MR) is 78.5 cm³/mol. The Balaban J connectivity index is 2.29. The summed E-state index contributed by atoms with van der Waals surface area (Å²) in [6.07, 6.45) is 0. The van der Waals surface area contributed by atoms with Crippen LogP contribution in [0.1, 0.15) is 12.5 Å². The molecule has 1 amide bonds. The van der Waals surface area contributed by atoms with Crippen molar-refractivity contribution in [3.8, 4) is 0 Å². The summed E-state index contributed by atoms with van der Waals surface area (Å²) in [7, 11) is 1.85. The first-order valence-corrected chi connectivity index (χ1v) is 7.34. The number of nitrogens with zero attached hydrogens (tertiary/aromatic N) is 1. The number of hydrogen-bond acceptors (Lipinski definition) is 3. The molecule has 0 radical (unpaired) electrons. The number of hydrogen-bond donors (Lipinski definition) is 1. The highest BCUT2D eigenvalue weighted by molar-refractivity contribution is 7.99. The Morgan fingerprint density at radius 3 is 2.67 bits per heavy atom. The molecule has 0 aromatic heterocycles. The van der Waals surface area contributed by atoms with Gasteiger partial charge in [-0.2, -0.15) is 11.8 Å². The van der Waals surface area contributed by atoms with Crippen LogP contribution in [0, 0.1) is 5.92 Å². The van der Waals surface area contributed by atoms with Crippen LogP contribution in [0.15, 0.2) is 30.3 Å². The summed E-state index contributed by atoms with van der Waals surface area (Å²) >= 11 is 1.66. The van der Waals surface area contributed by atoms with Gasteiger partial charge in [0.25, 0.3) is 0 Å². The Labute approximate surface area is 114 Å². The van der Waals surface area contributed by atoms with Gasteiger partial charge < -0.3 is 10.6 Å². The van der Waals surface area contributed by atoms with E-state index in [2.05, 4.69) is 6.92 Å². The topological polar surface area (TPSA) is 46.3 Å². The van der Waals surface area contributed by atoms with Gasteiger partial charge in [0.1, 0.15) is 0 Å². The number of thioether (sulfide) groups is 1. The molecule has 1 atom stereocenters. The third kappa shape index (κ3) is 5.56. The molecule has 0 bridgehead atoms. The molecule has 0 saturated heterocycles. The first-order valence-electron chi connectivity index (χ1n) is 6.19. The van der Waals surface area contributed by atoms with Crippen LogP contribution in [-0.2, 0) is 11.3 Å². The standard InChI is InChI=1S/C14H22N2OS/c1-12(8-15)10-18-11-14(17)16(2)9-13-6-4-3-5-7-13/h3-7,12H,8-11,15H2,1-2H3. The number of amides is 1. The van der Waals surface area contributed by atoms with E-state index in [9.17, 15) is 4.79 Å². The summed E-state index contributed by atoms with van der Waals surface area (Å²) in [5.41, 5.74) is 6.70. The van der Waals surface area contributed by atoms with E-state index in [4.69, 9.17) is 5.73 Å². The van der Waals surface area contributed by atoms with Crippen molar-refractivity contribution in [2.45, 2.75) is 13.5 Å². The molecular weight excluding hydrogens is 244 g/mol. The monoisotopic (exact) mass is 266 g/mol. The number of carbonyl (C=O) groups excluding carboxylic acids is 1. The summed E-state index contributed by atoms with van der Waals surface area (Å²) in [5.74, 6) is 2.13. The summed E-state index contributed by atoms with van der Waals surface area (Å²) in [4.78, 5) is 13.7. The molecule has 0 heterocycles. The van der Waals surface area contributed by atoms with Gasteiger partial charge in [-0.3, -0.25) is 4.79 Å². The van der Waals surface area contributed by atoms with E-state index >= 15 is 0 Å². The van der Waals surface area contributed by atoms with Crippen LogP contribution >= 0.6 is 11.8 Å². The van der Waals surface area contributed by atoms with Crippen molar-refractivity contribution >= 4 is 17.7 Å². The van der Waals surface area contributed by atoms with Crippen LogP contribution in [0.4, 0.5) is 0 Å². The van der Waals surface area contributed by atoms with Crippen LogP contribution in [-0.4, -0.2) is 35.9 Å². The van der Waals surface area contributed by atoms with Gasteiger partial charge in [0.05, 0.1) is 5.75 Å². The Hall–Kier alpha value is -1.00. The van der Waals surface area contributed by atoms with Gasteiger partial charge in [-0.05, 0) is 23.8 Å². The first-order chi connectivity index (χ1) is 8.63. The molecule has 2 N–H and O–H groups in total. The van der Waals surface area contributed by atoms with Crippen molar-refractivity contribution in [1.82, 2.24) is 4.90 Å². The van der Waals surface area contributed by atoms with E-state index in [1.807, 2.05) is 37.4 Å². The molecule has 18 heavy (non-hydrogen) atoms. The molecule has 3 nitrogen and oxygen atoms in total. The molecule has 0 saturated carbocycles. The van der Waals surface area contributed by atoms with Crippen LogP contribution in [0.2, 0.25) is 0 Å². The van der Waals surface area contributed by atoms with Crippen LogP contribution < -0.4 is 5.73 Å². The predicted octanol–water partition coefficient (Wildman–Crippen LogP) is 1.97. The second-order valence-corrected chi connectivity index (χ2v) is 5.62. The van der Waals surface area contributed by atoms with Crippen molar-refractivity contribution < 1.29 is 4.79 Å². The number of benzene rings is 1. The van der Waals surface area contributed by atoms with E-state index in [-0.39, 0.29) is 5.91 Å². The molecule has 1 unspecified atom stereocenters. The first kappa shape index (κ1) is 15.1. The maximum Gasteiger partial charge on any atom is 0.232 e. The Kier molecular flexibility index (Phi) is 6.83. The molecule has 0 aliphatic carbocycles. The molecule has 0 spiro atoms. The maximum atomic E-state index is 11.9. The number of rotatable bonds is 7. The second-order valence-electron chi connectivity index (χ2n) is 4.59. The molecule has 4 heteroatoms. The van der Waals surface area contributed by atoms with Gasteiger partial charge >= 0.3 is 0 Å². The van der Waals surface area contributed by atoms with Crippen molar-refractivity contribution in [2.24, 2.45) is 11.7 Å². The minimum absolute atomic E-state index is 0.174. The Morgan fingerprint density at radius 2 is 2.06 bits per heavy atom. The smallest absolute Gasteiger partial charge is 0.232 e. The molecule has 1 rings (SSSR count). The largest absolute Gasteiger partial charge is 0.341 e. The zero-order valence-corrected chi connectivity index (χ0v) is 12.0. The number of nitrogens with two attached hydrogens (primary N) is 1. The fraction of sp³-hybridized carbons (Fsp3) is 0.500.